The van der Waals surface area contributed by atoms with E-state index in [1.54, 1.807) is 0 Å². The molecule has 1 amide bonds. The number of sulfonamides is 1. The molecule has 1 N–H and O–H groups in total. The maximum absolute atomic E-state index is 13.2. The zero-order chi connectivity index (χ0) is 24.0. The number of rotatable bonds is 8. The summed E-state index contributed by atoms with van der Waals surface area (Å²) in [5.41, 5.74) is 2.01. The molecule has 34 heavy (non-hydrogen) atoms. The van der Waals surface area contributed by atoms with Crippen LogP contribution in [0.2, 0.25) is 0 Å². The number of carbonyl (C=O) groups is 1. The number of halogens is 1. The first-order chi connectivity index (χ1) is 16.4. The van der Waals surface area contributed by atoms with Crippen molar-refractivity contribution >= 4 is 15.9 Å². The standard InChI is InChI=1S/C26H27FN2O4S/c27-23-10-14-25(15-11-23)34(31,32)29-16-4-7-22(18-29)26(30)28-17-20-8-12-24(13-9-20)33-19-21-5-2-1-3-6-21/h1-3,5-6,8-15,22H,4,7,16-19H2,(H,28,30). The number of amides is 1. The van der Waals surface area contributed by atoms with Crippen LogP contribution in [0.25, 0.3) is 0 Å². The summed E-state index contributed by atoms with van der Waals surface area (Å²) >= 11 is 0. The normalized spacial score (nSPS) is 16.7. The van der Waals surface area contributed by atoms with Gasteiger partial charge in [0, 0.05) is 19.6 Å². The predicted molar refractivity (Wildman–Crippen MR) is 127 cm³/mol. The van der Waals surface area contributed by atoms with Crippen molar-refractivity contribution in [3.63, 3.8) is 0 Å². The zero-order valence-corrected chi connectivity index (χ0v) is 19.5. The Hall–Kier alpha value is -3.23. The molecule has 1 unspecified atom stereocenters. The molecule has 178 valence electrons. The monoisotopic (exact) mass is 482 g/mol. The minimum Gasteiger partial charge on any atom is -0.489 e. The van der Waals surface area contributed by atoms with E-state index in [4.69, 9.17) is 4.74 Å². The zero-order valence-electron chi connectivity index (χ0n) is 18.7. The van der Waals surface area contributed by atoms with Crippen molar-refractivity contribution in [2.75, 3.05) is 13.1 Å². The van der Waals surface area contributed by atoms with Crippen molar-refractivity contribution in [1.29, 1.82) is 0 Å². The molecule has 1 fully saturated rings. The van der Waals surface area contributed by atoms with Crippen LogP contribution >= 0.6 is 0 Å². The van der Waals surface area contributed by atoms with Crippen molar-refractivity contribution in [2.45, 2.75) is 30.9 Å². The second-order valence-electron chi connectivity index (χ2n) is 8.29. The van der Waals surface area contributed by atoms with Gasteiger partial charge in [-0.3, -0.25) is 4.79 Å². The molecule has 1 aliphatic rings. The van der Waals surface area contributed by atoms with Gasteiger partial charge in [-0.15, -0.1) is 0 Å². The van der Waals surface area contributed by atoms with Crippen LogP contribution in [-0.2, 0) is 28.0 Å². The molecule has 1 atom stereocenters. The summed E-state index contributed by atoms with van der Waals surface area (Å²) in [5, 5.41) is 2.91. The highest BCUT2D eigenvalue weighted by molar-refractivity contribution is 7.89. The van der Waals surface area contributed by atoms with Gasteiger partial charge in [-0.2, -0.15) is 4.31 Å². The number of piperidine rings is 1. The van der Waals surface area contributed by atoms with E-state index in [0.717, 1.165) is 29.0 Å². The summed E-state index contributed by atoms with van der Waals surface area (Å²) in [6.07, 6.45) is 1.21. The molecule has 6 nitrogen and oxygen atoms in total. The molecule has 3 aromatic carbocycles. The Bertz CT molecular complexity index is 1200. The molecule has 4 rings (SSSR count). The molecular formula is C26H27FN2O4S. The Balaban J connectivity index is 1.29. The average Bonchev–Trinajstić information content (AvgIpc) is 2.87. The lowest BCUT2D eigenvalue weighted by atomic mass is 9.99. The van der Waals surface area contributed by atoms with Crippen molar-refractivity contribution in [2.24, 2.45) is 5.92 Å². The number of benzene rings is 3. The molecule has 1 saturated heterocycles. The summed E-state index contributed by atoms with van der Waals surface area (Å²) in [6, 6.07) is 22.2. The van der Waals surface area contributed by atoms with Crippen LogP contribution in [-0.4, -0.2) is 31.7 Å². The molecule has 1 aliphatic heterocycles. The van der Waals surface area contributed by atoms with Crippen LogP contribution in [0.4, 0.5) is 4.39 Å². The molecule has 0 saturated carbocycles. The van der Waals surface area contributed by atoms with Crippen molar-refractivity contribution in [3.05, 3.63) is 95.8 Å². The van der Waals surface area contributed by atoms with Gasteiger partial charge in [0.15, 0.2) is 0 Å². The van der Waals surface area contributed by atoms with Crippen molar-refractivity contribution in [3.8, 4) is 5.75 Å². The summed E-state index contributed by atoms with van der Waals surface area (Å²) in [6.45, 7) is 1.28. The quantitative estimate of drug-likeness (QED) is 0.524. The lowest BCUT2D eigenvalue weighted by Gasteiger charge is -2.31. The second-order valence-corrected chi connectivity index (χ2v) is 10.2. The smallest absolute Gasteiger partial charge is 0.243 e. The average molecular weight is 483 g/mol. The van der Waals surface area contributed by atoms with Gasteiger partial charge < -0.3 is 10.1 Å². The van der Waals surface area contributed by atoms with E-state index in [1.165, 1.54) is 16.4 Å². The number of ether oxygens (including phenoxy) is 1. The predicted octanol–water partition coefficient (Wildman–Crippen LogP) is 4.12. The minimum atomic E-state index is -3.77. The van der Waals surface area contributed by atoms with Crippen LogP contribution in [0.3, 0.4) is 0 Å². The Labute approximate surface area is 199 Å². The van der Waals surface area contributed by atoms with E-state index in [0.29, 0.717) is 32.5 Å². The van der Waals surface area contributed by atoms with Crippen molar-refractivity contribution in [1.82, 2.24) is 9.62 Å². The molecule has 1 heterocycles. The molecule has 8 heteroatoms. The van der Waals surface area contributed by atoms with Crippen LogP contribution in [0.15, 0.2) is 83.8 Å². The minimum absolute atomic E-state index is 0.0320. The second kappa shape index (κ2) is 10.8. The van der Waals surface area contributed by atoms with Crippen LogP contribution in [0, 0.1) is 11.7 Å². The van der Waals surface area contributed by atoms with Gasteiger partial charge in [0.1, 0.15) is 18.2 Å². The lowest BCUT2D eigenvalue weighted by molar-refractivity contribution is -0.126. The SMILES string of the molecule is O=C(NCc1ccc(OCc2ccccc2)cc1)C1CCCN(S(=O)(=O)c2ccc(F)cc2)C1. The summed E-state index contributed by atoms with van der Waals surface area (Å²) < 4.78 is 46.0. The first kappa shape index (κ1) is 23.9. The van der Waals surface area contributed by atoms with Crippen molar-refractivity contribution < 1.29 is 22.3 Å². The van der Waals surface area contributed by atoms with E-state index in [1.807, 2.05) is 54.6 Å². The largest absolute Gasteiger partial charge is 0.489 e. The molecule has 0 aliphatic carbocycles. The van der Waals surface area contributed by atoms with E-state index in [2.05, 4.69) is 5.32 Å². The van der Waals surface area contributed by atoms with Gasteiger partial charge in [-0.1, -0.05) is 42.5 Å². The lowest BCUT2D eigenvalue weighted by Crippen LogP contribution is -2.45. The maximum atomic E-state index is 13.2. The highest BCUT2D eigenvalue weighted by Gasteiger charge is 2.33. The molecule has 3 aromatic rings. The van der Waals surface area contributed by atoms with E-state index < -0.39 is 21.8 Å². The summed E-state index contributed by atoms with van der Waals surface area (Å²) in [5.74, 6) is -0.362. The fourth-order valence-corrected chi connectivity index (χ4v) is 5.43. The van der Waals surface area contributed by atoms with Crippen LogP contribution < -0.4 is 10.1 Å². The first-order valence-electron chi connectivity index (χ1n) is 11.2. The third-order valence-corrected chi connectivity index (χ3v) is 7.72. The van der Waals surface area contributed by atoms with E-state index in [-0.39, 0.29) is 17.3 Å². The Kier molecular flexibility index (Phi) is 7.59. The summed E-state index contributed by atoms with van der Waals surface area (Å²) in [4.78, 5) is 12.8. The van der Waals surface area contributed by atoms with E-state index >= 15 is 0 Å². The first-order valence-corrected chi connectivity index (χ1v) is 12.6. The Morgan fingerprint density at radius 2 is 1.68 bits per heavy atom. The molecule has 0 aromatic heterocycles. The third kappa shape index (κ3) is 6.01. The van der Waals surface area contributed by atoms with Gasteiger partial charge in [0.2, 0.25) is 15.9 Å². The van der Waals surface area contributed by atoms with Gasteiger partial charge in [0.25, 0.3) is 0 Å². The van der Waals surface area contributed by atoms with Gasteiger partial charge >= 0.3 is 0 Å². The molecule has 0 radical (unpaired) electrons. The topological polar surface area (TPSA) is 75.7 Å². The van der Waals surface area contributed by atoms with E-state index in [9.17, 15) is 17.6 Å². The third-order valence-electron chi connectivity index (χ3n) is 5.84. The maximum Gasteiger partial charge on any atom is 0.243 e. The Morgan fingerprint density at radius 3 is 2.38 bits per heavy atom. The number of nitrogens with one attached hydrogen (secondary N) is 1. The summed E-state index contributed by atoms with van der Waals surface area (Å²) in [7, 11) is -3.77. The highest BCUT2D eigenvalue weighted by atomic mass is 32.2. The highest BCUT2D eigenvalue weighted by Crippen LogP contribution is 2.24. The van der Waals surface area contributed by atoms with Crippen LogP contribution in [0.5, 0.6) is 5.75 Å². The number of carbonyl (C=O) groups excluding carboxylic acids is 1. The fraction of sp³-hybridized carbons (Fsp3) is 0.269. The number of hydrogen-bond acceptors (Lipinski definition) is 4. The molecular weight excluding hydrogens is 455 g/mol. The van der Waals surface area contributed by atoms with Gasteiger partial charge in [-0.05, 0) is 60.4 Å². The van der Waals surface area contributed by atoms with Crippen LogP contribution in [0.1, 0.15) is 24.0 Å². The fourth-order valence-electron chi connectivity index (χ4n) is 3.91. The Morgan fingerprint density at radius 1 is 0.971 bits per heavy atom. The number of hydrogen-bond donors (Lipinski definition) is 1. The number of nitrogens with zero attached hydrogens (tertiary/aromatic N) is 1. The molecule has 0 bridgehead atoms. The van der Waals surface area contributed by atoms with Gasteiger partial charge in [0.05, 0.1) is 10.8 Å². The molecule has 0 spiro atoms. The van der Waals surface area contributed by atoms with Gasteiger partial charge in [-0.25, -0.2) is 12.8 Å².